The van der Waals surface area contributed by atoms with Crippen molar-refractivity contribution < 1.29 is 14.7 Å². The van der Waals surface area contributed by atoms with Crippen molar-refractivity contribution in [1.29, 1.82) is 0 Å². The summed E-state index contributed by atoms with van der Waals surface area (Å²) in [5.41, 5.74) is 0.499. The highest BCUT2D eigenvalue weighted by molar-refractivity contribution is 6.37. The summed E-state index contributed by atoms with van der Waals surface area (Å²) in [4.78, 5) is 21.3. The molecule has 0 bridgehead atoms. The normalized spacial score (nSPS) is 10.5. The van der Waals surface area contributed by atoms with E-state index in [0.29, 0.717) is 15.6 Å². The Morgan fingerprint density at radius 2 is 1.88 bits per heavy atom. The Hall–Kier alpha value is -1.52. The molecule has 0 unspecified atom stereocenters. The summed E-state index contributed by atoms with van der Waals surface area (Å²) in [5.74, 6) is -1.92. The second-order valence-electron chi connectivity index (χ2n) is 3.06. The summed E-state index contributed by atoms with van der Waals surface area (Å²) in [6.45, 7) is -0.542. The van der Waals surface area contributed by atoms with Gasteiger partial charge in [-0.05, 0) is 18.2 Å². The fourth-order valence-corrected chi connectivity index (χ4v) is 1.57. The standard InChI is InChI=1S/C11H9Cl2NO3/c12-8-2-1-3-9(13)7(8)4-5-10(15)14-6-11(16)17/h1-5H,6H2,(H,14,15)(H,16,17)/p-1. The predicted molar refractivity (Wildman–Crippen MR) is 63.5 cm³/mol. The van der Waals surface area contributed by atoms with Crippen molar-refractivity contribution in [3.05, 3.63) is 39.9 Å². The van der Waals surface area contributed by atoms with Gasteiger partial charge in [-0.3, -0.25) is 4.79 Å². The molecule has 0 aliphatic carbocycles. The molecule has 0 saturated heterocycles. The molecular formula is C11H8Cl2NO3-. The van der Waals surface area contributed by atoms with E-state index in [0.717, 1.165) is 6.08 Å². The second kappa shape index (κ2) is 6.27. The number of aliphatic carboxylic acids is 1. The summed E-state index contributed by atoms with van der Waals surface area (Å²) in [7, 11) is 0. The summed E-state index contributed by atoms with van der Waals surface area (Å²) in [5, 5.41) is 13.0. The van der Waals surface area contributed by atoms with Gasteiger partial charge in [-0.25, -0.2) is 0 Å². The monoisotopic (exact) mass is 272 g/mol. The van der Waals surface area contributed by atoms with Crippen LogP contribution in [-0.2, 0) is 9.59 Å². The Labute approximate surface area is 108 Å². The minimum atomic E-state index is -1.36. The fraction of sp³-hybridized carbons (Fsp3) is 0.0909. The maximum atomic E-state index is 11.2. The lowest BCUT2D eigenvalue weighted by Crippen LogP contribution is -2.36. The molecule has 1 aromatic rings. The van der Waals surface area contributed by atoms with E-state index in [2.05, 4.69) is 5.32 Å². The molecule has 0 atom stereocenters. The number of nitrogens with one attached hydrogen (secondary N) is 1. The molecule has 1 rings (SSSR count). The average molecular weight is 273 g/mol. The maximum absolute atomic E-state index is 11.2. The molecule has 0 fully saturated rings. The van der Waals surface area contributed by atoms with Crippen molar-refractivity contribution in [2.45, 2.75) is 0 Å². The highest BCUT2D eigenvalue weighted by atomic mass is 35.5. The van der Waals surface area contributed by atoms with Crippen LogP contribution in [0.25, 0.3) is 6.08 Å². The van der Waals surface area contributed by atoms with Crippen molar-refractivity contribution in [2.24, 2.45) is 0 Å². The molecule has 6 heteroatoms. The average Bonchev–Trinajstić information content (AvgIpc) is 2.25. The van der Waals surface area contributed by atoms with E-state index in [9.17, 15) is 14.7 Å². The Bertz CT molecular complexity index is 452. The SMILES string of the molecule is O=C([O-])CNC(=O)C=Cc1c(Cl)cccc1Cl. The molecule has 1 aromatic carbocycles. The lowest BCUT2D eigenvalue weighted by molar-refractivity contribution is -0.303. The molecule has 0 spiro atoms. The zero-order valence-corrected chi connectivity index (χ0v) is 10.1. The van der Waals surface area contributed by atoms with Crippen molar-refractivity contribution in [1.82, 2.24) is 5.32 Å². The van der Waals surface area contributed by atoms with Crippen LogP contribution in [0.1, 0.15) is 5.56 Å². The van der Waals surface area contributed by atoms with Crippen LogP contribution in [0.15, 0.2) is 24.3 Å². The molecule has 0 aliphatic rings. The number of carboxylic acids is 1. The number of rotatable bonds is 4. The van der Waals surface area contributed by atoms with E-state index >= 15 is 0 Å². The third kappa shape index (κ3) is 4.46. The van der Waals surface area contributed by atoms with Crippen LogP contribution < -0.4 is 10.4 Å². The zero-order valence-electron chi connectivity index (χ0n) is 8.57. The number of benzene rings is 1. The van der Waals surface area contributed by atoms with Crippen LogP contribution in [0, 0.1) is 0 Å². The molecule has 0 saturated carbocycles. The van der Waals surface area contributed by atoms with Crippen LogP contribution in [0.2, 0.25) is 10.0 Å². The van der Waals surface area contributed by atoms with Gasteiger partial charge in [0.1, 0.15) is 0 Å². The summed E-state index contributed by atoms with van der Waals surface area (Å²) in [6, 6.07) is 4.94. The summed E-state index contributed by atoms with van der Waals surface area (Å²) in [6.07, 6.45) is 2.56. The Morgan fingerprint density at radius 1 is 1.29 bits per heavy atom. The number of hydrogen-bond acceptors (Lipinski definition) is 3. The number of halogens is 2. The molecule has 1 N–H and O–H groups in total. The minimum Gasteiger partial charge on any atom is -0.548 e. The third-order valence-electron chi connectivity index (χ3n) is 1.81. The van der Waals surface area contributed by atoms with Crippen molar-refractivity contribution in [2.75, 3.05) is 6.54 Å². The van der Waals surface area contributed by atoms with E-state index in [4.69, 9.17) is 23.2 Å². The number of carbonyl (C=O) groups excluding carboxylic acids is 2. The van der Waals surface area contributed by atoms with Gasteiger partial charge < -0.3 is 15.2 Å². The minimum absolute atomic E-state index is 0.404. The summed E-state index contributed by atoms with van der Waals surface area (Å²) >= 11 is 11.7. The van der Waals surface area contributed by atoms with E-state index in [1.807, 2.05) is 0 Å². The van der Waals surface area contributed by atoms with Crippen LogP contribution in [0.3, 0.4) is 0 Å². The van der Waals surface area contributed by atoms with E-state index in [1.54, 1.807) is 18.2 Å². The topological polar surface area (TPSA) is 69.2 Å². The Kier molecular flexibility index (Phi) is 5.00. The van der Waals surface area contributed by atoms with Gasteiger partial charge in [0, 0.05) is 21.7 Å². The van der Waals surface area contributed by atoms with Crippen LogP contribution in [0.4, 0.5) is 0 Å². The van der Waals surface area contributed by atoms with E-state index in [1.165, 1.54) is 6.08 Å². The summed E-state index contributed by atoms with van der Waals surface area (Å²) < 4.78 is 0. The smallest absolute Gasteiger partial charge is 0.244 e. The number of carboxylic acid groups (broad SMARTS) is 1. The zero-order chi connectivity index (χ0) is 12.8. The van der Waals surface area contributed by atoms with Crippen molar-refractivity contribution in [3.8, 4) is 0 Å². The van der Waals surface area contributed by atoms with Crippen molar-refractivity contribution in [3.63, 3.8) is 0 Å². The van der Waals surface area contributed by atoms with Gasteiger partial charge in [-0.2, -0.15) is 0 Å². The molecule has 90 valence electrons. The second-order valence-corrected chi connectivity index (χ2v) is 3.87. The quantitative estimate of drug-likeness (QED) is 0.828. The first-order valence-electron chi connectivity index (χ1n) is 4.60. The number of amides is 1. The van der Waals surface area contributed by atoms with Gasteiger partial charge in [0.05, 0.1) is 12.5 Å². The molecule has 0 heterocycles. The van der Waals surface area contributed by atoms with Crippen LogP contribution in [0.5, 0.6) is 0 Å². The van der Waals surface area contributed by atoms with Crippen LogP contribution in [-0.4, -0.2) is 18.4 Å². The third-order valence-corrected chi connectivity index (χ3v) is 2.47. The lowest BCUT2D eigenvalue weighted by atomic mass is 10.2. The Balaban J connectivity index is 2.70. The van der Waals surface area contributed by atoms with E-state index in [-0.39, 0.29) is 0 Å². The molecule has 1 amide bonds. The van der Waals surface area contributed by atoms with Gasteiger partial charge in [-0.15, -0.1) is 0 Å². The highest BCUT2D eigenvalue weighted by Gasteiger charge is 2.02. The first-order chi connectivity index (χ1) is 8.00. The molecular weight excluding hydrogens is 265 g/mol. The Morgan fingerprint density at radius 3 is 2.41 bits per heavy atom. The van der Waals surface area contributed by atoms with Crippen LogP contribution >= 0.6 is 23.2 Å². The first-order valence-corrected chi connectivity index (χ1v) is 5.36. The fourth-order valence-electron chi connectivity index (χ4n) is 1.05. The first kappa shape index (κ1) is 13.5. The van der Waals surface area contributed by atoms with Gasteiger partial charge in [-0.1, -0.05) is 29.3 Å². The van der Waals surface area contributed by atoms with Gasteiger partial charge >= 0.3 is 0 Å². The number of hydrogen-bond donors (Lipinski definition) is 1. The van der Waals surface area contributed by atoms with Gasteiger partial charge in [0.2, 0.25) is 5.91 Å². The highest BCUT2D eigenvalue weighted by Crippen LogP contribution is 2.25. The largest absolute Gasteiger partial charge is 0.548 e. The molecule has 17 heavy (non-hydrogen) atoms. The lowest BCUT2D eigenvalue weighted by Gasteiger charge is -2.03. The molecule has 0 aromatic heterocycles. The predicted octanol–water partition coefficient (Wildman–Crippen LogP) is 0.873. The van der Waals surface area contributed by atoms with E-state index < -0.39 is 18.4 Å². The molecule has 0 radical (unpaired) electrons. The molecule has 4 nitrogen and oxygen atoms in total. The number of carbonyl (C=O) groups is 2. The van der Waals surface area contributed by atoms with Crippen molar-refractivity contribution >= 4 is 41.2 Å². The molecule has 0 aliphatic heterocycles. The maximum Gasteiger partial charge on any atom is 0.244 e. The van der Waals surface area contributed by atoms with Gasteiger partial charge in [0.25, 0.3) is 0 Å². The van der Waals surface area contributed by atoms with Gasteiger partial charge in [0.15, 0.2) is 0 Å².